The molecule has 11 nitrogen and oxygen atoms in total. The van der Waals surface area contributed by atoms with Crippen molar-refractivity contribution in [1.82, 2.24) is 15.2 Å². The summed E-state index contributed by atoms with van der Waals surface area (Å²) in [5.41, 5.74) is 5.70. The molecule has 2 aromatic rings. The van der Waals surface area contributed by atoms with Gasteiger partial charge in [0.25, 0.3) is 11.8 Å². The molecule has 2 aliphatic rings. The van der Waals surface area contributed by atoms with Gasteiger partial charge in [-0.1, -0.05) is 23.5 Å². The molecule has 2 aromatic heterocycles. The maximum absolute atomic E-state index is 13.0. The molecule has 1 fully saturated rings. The number of β-lactam (4-membered cyclic amide) rings is 1. The molecule has 0 aromatic carbocycles. The average Bonchev–Trinajstić information content (AvgIpc) is 3.30. The third-order valence-corrected chi connectivity index (χ3v) is 8.53. The zero-order chi connectivity index (χ0) is 25.8. The third kappa shape index (κ3) is 5.10. The van der Waals surface area contributed by atoms with Crippen molar-refractivity contribution in [3.05, 3.63) is 58.7 Å². The lowest BCUT2D eigenvalue weighted by Gasteiger charge is -2.49. The molecule has 0 radical (unpaired) electrons. The van der Waals surface area contributed by atoms with Crippen LogP contribution in [0.2, 0.25) is 0 Å². The van der Waals surface area contributed by atoms with Crippen molar-refractivity contribution in [1.29, 1.82) is 0 Å². The Balaban J connectivity index is 1.49. The molecule has 0 spiro atoms. The molecule has 36 heavy (non-hydrogen) atoms. The Morgan fingerprint density at radius 3 is 2.97 bits per heavy atom. The van der Waals surface area contributed by atoms with E-state index < -0.39 is 29.9 Å². The van der Waals surface area contributed by atoms with E-state index >= 15 is 0 Å². The van der Waals surface area contributed by atoms with E-state index in [1.54, 1.807) is 11.5 Å². The van der Waals surface area contributed by atoms with Crippen LogP contribution < -0.4 is 15.6 Å². The highest BCUT2D eigenvalue weighted by Crippen LogP contribution is 2.40. The number of carboxylic acid groups (broad SMARTS) is 1. The molecule has 2 aliphatic heterocycles. The first-order valence-corrected chi connectivity index (χ1v) is 13.5. The summed E-state index contributed by atoms with van der Waals surface area (Å²) >= 11 is 3.99. The van der Waals surface area contributed by atoms with E-state index in [-0.39, 0.29) is 22.2 Å². The number of carboxylic acids is 1. The zero-order valence-corrected chi connectivity index (χ0v) is 21.6. The van der Waals surface area contributed by atoms with Crippen LogP contribution in [0, 0.1) is 0 Å². The summed E-state index contributed by atoms with van der Waals surface area (Å²) in [5.74, 6) is -1.53. The van der Waals surface area contributed by atoms with E-state index in [0.29, 0.717) is 23.0 Å². The molecule has 0 saturated carbocycles. The summed E-state index contributed by atoms with van der Waals surface area (Å²) in [6.45, 7) is 4.39. The first-order valence-electron chi connectivity index (χ1n) is 10.6. The number of anilines is 1. The molecule has 2 atom stereocenters. The number of rotatable bonds is 10. The highest BCUT2D eigenvalue weighted by molar-refractivity contribution is 8.06. The molecule has 188 valence electrons. The molecule has 0 aliphatic carbocycles. The van der Waals surface area contributed by atoms with E-state index in [9.17, 15) is 19.5 Å². The van der Waals surface area contributed by atoms with Crippen molar-refractivity contribution in [3.8, 4) is 0 Å². The SMILES string of the molecule is C=CC[n+]1ccccc1SCC1=C(C(=O)O)N2C(=O)[C@@H](NC(=O)C(=NOC)c3csc(N)n3)[C@H]2CS1. The molecule has 1 saturated heterocycles. The summed E-state index contributed by atoms with van der Waals surface area (Å²) in [4.78, 5) is 48.7. The van der Waals surface area contributed by atoms with Gasteiger partial charge in [0, 0.05) is 33.9 Å². The van der Waals surface area contributed by atoms with Gasteiger partial charge < -0.3 is 21.0 Å². The number of thiazole rings is 1. The monoisotopic (exact) mass is 547 g/mol. The molecular formula is C22H23N6O5S3+. The van der Waals surface area contributed by atoms with E-state index in [0.717, 1.165) is 16.4 Å². The third-order valence-electron chi connectivity index (χ3n) is 5.38. The van der Waals surface area contributed by atoms with Gasteiger partial charge in [0.1, 0.15) is 24.5 Å². The van der Waals surface area contributed by atoms with Gasteiger partial charge in [-0.15, -0.1) is 23.1 Å². The van der Waals surface area contributed by atoms with Crippen molar-refractivity contribution in [3.63, 3.8) is 0 Å². The van der Waals surface area contributed by atoms with Crippen LogP contribution in [0.3, 0.4) is 0 Å². The molecule has 4 N–H and O–H groups in total. The summed E-state index contributed by atoms with van der Waals surface area (Å²) in [6, 6.07) is 4.37. The van der Waals surface area contributed by atoms with Crippen LogP contribution in [-0.4, -0.2) is 69.2 Å². The fourth-order valence-electron chi connectivity index (χ4n) is 3.79. The molecule has 0 unspecified atom stereocenters. The summed E-state index contributed by atoms with van der Waals surface area (Å²) < 4.78 is 2.00. The van der Waals surface area contributed by atoms with Crippen LogP contribution in [0.1, 0.15) is 5.69 Å². The Hall–Kier alpha value is -3.36. The second-order valence-corrected chi connectivity index (χ2v) is 10.6. The quantitative estimate of drug-likeness (QED) is 0.0991. The maximum atomic E-state index is 13.0. The minimum absolute atomic E-state index is 0.0523. The van der Waals surface area contributed by atoms with Gasteiger partial charge in [0.15, 0.2) is 23.6 Å². The lowest BCUT2D eigenvalue weighted by molar-refractivity contribution is -0.723. The van der Waals surface area contributed by atoms with E-state index in [1.165, 1.54) is 35.5 Å². The molecule has 2 amide bonds. The lowest BCUT2D eigenvalue weighted by Crippen LogP contribution is -2.73. The number of carbonyl (C=O) groups excluding carboxylic acids is 2. The summed E-state index contributed by atoms with van der Waals surface area (Å²) in [6.07, 6.45) is 3.71. The molecular weight excluding hydrogens is 524 g/mol. The van der Waals surface area contributed by atoms with Gasteiger partial charge in [0.05, 0.1) is 6.04 Å². The van der Waals surface area contributed by atoms with Crippen molar-refractivity contribution >= 4 is 63.5 Å². The Morgan fingerprint density at radius 1 is 1.50 bits per heavy atom. The van der Waals surface area contributed by atoms with Gasteiger partial charge in [-0.05, 0) is 12.1 Å². The van der Waals surface area contributed by atoms with Crippen molar-refractivity contribution < 1.29 is 28.9 Å². The number of nitrogens with one attached hydrogen (secondary N) is 1. The topological polar surface area (TPSA) is 151 Å². The van der Waals surface area contributed by atoms with Crippen LogP contribution in [-0.2, 0) is 25.8 Å². The number of amides is 2. The Kier molecular flexibility index (Phi) is 7.96. The summed E-state index contributed by atoms with van der Waals surface area (Å²) in [5, 5.41) is 19.1. The van der Waals surface area contributed by atoms with Gasteiger partial charge in [-0.25, -0.2) is 9.78 Å². The van der Waals surface area contributed by atoms with Crippen molar-refractivity contribution in [2.24, 2.45) is 5.16 Å². The van der Waals surface area contributed by atoms with Crippen molar-refractivity contribution in [2.45, 2.75) is 23.7 Å². The van der Waals surface area contributed by atoms with Crippen LogP contribution in [0.4, 0.5) is 5.13 Å². The number of nitrogens with zero attached hydrogens (tertiary/aromatic N) is 4. The number of thioether (sulfide) groups is 2. The predicted molar refractivity (Wildman–Crippen MR) is 137 cm³/mol. The number of fused-ring (bicyclic) bond motifs is 1. The second kappa shape index (κ2) is 11.1. The van der Waals surface area contributed by atoms with Gasteiger partial charge in [-0.2, -0.15) is 4.57 Å². The fourth-order valence-corrected chi connectivity index (χ4v) is 6.78. The number of nitrogen functional groups attached to an aromatic ring is 1. The molecule has 4 heterocycles. The molecule has 4 rings (SSSR count). The minimum Gasteiger partial charge on any atom is -0.477 e. The van der Waals surface area contributed by atoms with Gasteiger partial charge in [0.2, 0.25) is 5.03 Å². The van der Waals surface area contributed by atoms with Crippen LogP contribution in [0.5, 0.6) is 0 Å². The standard InChI is InChI=1S/C22H22N6O5S3/c1-3-7-27-8-5-4-6-15(27)35-11-14-18(21(31)32)28-13(10-34-14)17(20(28)30)25-19(29)16(26-33-2)12-9-36-22(23)24-12/h3-6,8-9,13,17H,1,7,10-11H2,2H3,(H3-,23,24,25,29,31,32)/p+1/t13-,17+/m1/s1. The van der Waals surface area contributed by atoms with Gasteiger partial charge >= 0.3 is 5.97 Å². The number of aliphatic carboxylic acids is 1. The number of nitrogens with two attached hydrogens (primary N) is 1. The summed E-state index contributed by atoms with van der Waals surface area (Å²) in [7, 11) is 1.29. The predicted octanol–water partition coefficient (Wildman–Crippen LogP) is 1.08. The number of pyridine rings is 1. The number of carbonyl (C=O) groups is 3. The van der Waals surface area contributed by atoms with E-state index in [1.807, 2.05) is 29.0 Å². The Morgan fingerprint density at radius 2 is 2.31 bits per heavy atom. The largest absolute Gasteiger partial charge is 0.477 e. The normalized spacial score (nSPS) is 19.4. The number of oxime groups is 1. The van der Waals surface area contributed by atoms with E-state index in [2.05, 4.69) is 22.0 Å². The minimum atomic E-state index is -1.19. The van der Waals surface area contributed by atoms with Crippen molar-refractivity contribution in [2.75, 3.05) is 24.3 Å². The second-order valence-electron chi connectivity index (χ2n) is 7.58. The Labute approximate surface area is 219 Å². The maximum Gasteiger partial charge on any atom is 0.353 e. The number of aromatic nitrogens is 2. The Bertz CT molecular complexity index is 1280. The highest BCUT2D eigenvalue weighted by atomic mass is 32.2. The smallest absolute Gasteiger partial charge is 0.353 e. The van der Waals surface area contributed by atoms with Crippen LogP contribution in [0.15, 0.2) is 63.2 Å². The zero-order valence-electron chi connectivity index (χ0n) is 19.1. The number of hydrogen-bond donors (Lipinski definition) is 3. The first kappa shape index (κ1) is 25.7. The van der Waals surface area contributed by atoms with Crippen LogP contribution in [0.25, 0.3) is 0 Å². The van der Waals surface area contributed by atoms with Crippen LogP contribution >= 0.6 is 34.9 Å². The average molecular weight is 548 g/mol. The fraction of sp³-hybridized carbons (Fsp3) is 0.273. The lowest BCUT2D eigenvalue weighted by atomic mass is 9.94. The number of allylic oxidation sites excluding steroid dienone is 1. The number of hydrogen-bond acceptors (Lipinski definition) is 10. The van der Waals surface area contributed by atoms with Gasteiger partial charge in [-0.3, -0.25) is 14.5 Å². The molecule has 0 bridgehead atoms. The highest BCUT2D eigenvalue weighted by Gasteiger charge is 2.54. The van der Waals surface area contributed by atoms with E-state index in [4.69, 9.17) is 10.6 Å². The first-order chi connectivity index (χ1) is 17.3. The molecule has 14 heteroatoms.